The summed E-state index contributed by atoms with van der Waals surface area (Å²) in [5.41, 5.74) is 3.20. The molecule has 0 radical (unpaired) electrons. The average molecular weight is 271 g/mol. The first-order valence-electron chi connectivity index (χ1n) is 6.66. The van der Waals surface area contributed by atoms with Crippen LogP contribution in [0.4, 0.5) is 11.4 Å². The van der Waals surface area contributed by atoms with Gasteiger partial charge in [0.05, 0.1) is 24.7 Å². The third-order valence-corrected chi connectivity index (χ3v) is 3.49. The topological polar surface area (TPSA) is 37.4 Å². The van der Waals surface area contributed by atoms with Gasteiger partial charge in [0.15, 0.2) is 0 Å². The summed E-state index contributed by atoms with van der Waals surface area (Å²) < 4.78 is 5.17. The Hall–Kier alpha value is -2.07. The van der Waals surface area contributed by atoms with E-state index in [4.69, 9.17) is 4.74 Å². The van der Waals surface area contributed by atoms with E-state index in [1.54, 1.807) is 7.11 Å². The van der Waals surface area contributed by atoms with Crippen LogP contribution in [0.3, 0.4) is 0 Å². The normalized spacial score (nSPS) is 12.0. The second-order valence-electron chi connectivity index (χ2n) is 4.71. The molecule has 0 saturated carbocycles. The number of rotatable bonds is 5. The molecular formula is C16H21N3O. The number of hydrogen-bond acceptors (Lipinski definition) is 4. The Balaban J connectivity index is 2.17. The van der Waals surface area contributed by atoms with Gasteiger partial charge >= 0.3 is 0 Å². The highest BCUT2D eigenvalue weighted by Gasteiger charge is 2.07. The fourth-order valence-electron chi connectivity index (χ4n) is 1.95. The van der Waals surface area contributed by atoms with Gasteiger partial charge in [-0.1, -0.05) is 0 Å². The number of aromatic nitrogens is 1. The van der Waals surface area contributed by atoms with E-state index in [9.17, 15) is 0 Å². The van der Waals surface area contributed by atoms with Crippen molar-refractivity contribution in [3.63, 3.8) is 0 Å². The molecule has 1 atom stereocenters. The number of ether oxygens (including phenoxy) is 1. The van der Waals surface area contributed by atoms with Gasteiger partial charge < -0.3 is 15.0 Å². The molecule has 1 heterocycles. The summed E-state index contributed by atoms with van der Waals surface area (Å²) in [4.78, 5) is 6.60. The van der Waals surface area contributed by atoms with E-state index in [1.807, 2.05) is 44.6 Å². The number of benzene rings is 1. The van der Waals surface area contributed by atoms with Crippen molar-refractivity contribution in [3.05, 3.63) is 48.3 Å². The Morgan fingerprint density at radius 1 is 1.10 bits per heavy atom. The van der Waals surface area contributed by atoms with Crippen LogP contribution in [0.1, 0.15) is 18.7 Å². The van der Waals surface area contributed by atoms with Gasteiger partial charge in [-0.2, -0.15) is 0 Å². The molecule has 0 aliphatic carbocycles. The molecule has 1 aromatic heterocycles. The maximum atomic E-state index is 5.17. The molecule has 2 aromatic rings. The quantitative estimate of drug-likeness (QED) is 0.906. The summed E-state index contributed by atoms with van der Waals surface area (Å²) >= 11 is 0. The molecular weight excluding hydrogens is 250 g/mol. The van der Waals surface area contributed by atoms with Crippen molar-refractivity contribution >= 4 is 11.4 Å². The fraction of sp³-hybridized carbons (Fsp3) is 0.312. The van der Waals surface area contributed by atoms with Crippen LogP contribution in [-0.4, -0.2) is 26.2 Å². The summed E-state index contributed by atoms with van der Waals surface area (Å²) in [5, 5.41) is 3.18. The molecule has 0 saturated heterocycles. The van der Waals surface area contributed by atoms with Gasteiger partial charge in [0, 0.05) is 18.8 Å². The monoisotopic (exact) mass is 271 g/mol. The van der Waals surface area contributed by atoms with Crippen molar-refractivity contribution in [1.82, 2.24) is 10.3 Å². The Labute approximate surface area is 120 Å². The minimum absolute atomic E-state index is 0.260. The summed E-state index contributed by atoms with van der Waals surface area (Å²) in [6.45, 7) is 2.09. The smallest absolute Gasteiger partial charge is 0.119 e. The van der Waals surface area contributed by atoms with Crippen molar-refractivity contribution in [1.29, 1.82) is 0 Å². The van der Waals surface area contributed by atoms with Crippen LogP contribution in [0.25, 0.3) is 0 Å². The Bertz CT molecular complexity index is 537. The SMILES string of the molecule is CNC(C)c1ccc(N(C)c2ccc(OC)cc2)cn1. The van der Waals surface area contributed by atoms with Gasteiger partial charge in [0.2, 0.25) is 0 Å². The lowest BCUT2D eigenvalue weighted by atomic mass is 10.2. The zero-order chi connectivity index (χ0) is 14.5. The van der Waals surface area contributed by atoms with E-state index in [0.717, 1.165) is 22.8 Å². The van der Waals surface area contributed by atoms with Crippen molar-refractivity contribution in [2.45, 2.75) is 13.0 Å². The lowest BCUT2D eigenvalue weighted by Gasteiger charge is -2.20. The molecule has 4 heteroatoms. The molecule has 0 aliphatic heterocycles. The lowest BCUT2D eigenvalue weighted by Crippen LogP contribution is -2.15. The second-order valence-corrected chi connectivity index (χ2v) is 4.71. The highest BCUT2D eigenvalue weighted by molar-refractivity contribution is 5.62. The zero-order valence-corrected chi connectivity index (χ0v) is 12.4. The van der Waals surface area contributed by atoms with Crippen LogP contribution in [0, 0.1) is 0 Å². The molecule has 2 rings (SSSR count). The zero-order valence-electron chi connectivity index (χ0n) is 12.4. The van der Waals surface area contributed by atoms with Crippen molar-refractivity contribution in [2.24, 2.45) is 0 Å². The van der Waals surface area contributed by atoms with E-state index < -0.39 is 0 Å². The Morgan fingerprint density at radius 2 is 1.75 bits per heavy atom. The van der Waals surface area contributed by atoms with Crippen LogP contribution in [0.5, 0.6) is 5.75 Å². The van der Waals surface area contributed by atoms with Crippen LogP contribution in [0.2, 0.25) is 0 Å². The largest absolute Gasteiger partial charge is 0.497 e. The minimum Gasteiger partial charge on any atom is -0.497 e. The van der Waals surface area contributed by atoms with Crippen LogP contribution in [-0.2, 0) is 0 Å². The van der Waals surface area contributed by atoms with E-state index >= 15 is 0 Å². The summed E-state index contributed by atoms with van der Waals surface area (Å²) in [5.74, 6) is 0.860. The molecule has 1 aromatic carbocycles. The molecule has 20 heavy (non-hydrogen) atoms. The molecule has 1 unspecified atom stereocenters. The van der Waals surface area contributed by atoms with E-state index in [1.165, 1.54) is 0 Å². The number of methoxy groups -OCH3 is 1. The van der Waals surface area contributed by atoms with Crippen LogP contribution in [0.15, 0.2) is 42.6 Å². The fourth-order valence-corrected chi connectivity index (χ4v) is 1.95. The minimum atomic E-state index is 0.260. The van der Waals surface area contributed by atoms with Gasteiger partial charge in [-0.3, -0.25) is 4.98 Å². The highest BCUT2D eigenvalue weighted by Crippen LogP contribution is 2.25. The molecule has 4 nitrogen and oxygen atoms in total. The van der Waals surface area contributed by atoms with E-state index in [0.29, 0.717) is 0 Å². The van der Waals surface area contributed by atoms with Crippen molar-refractivity contribution in [3.8, 4) is 5.75 Å². The van der Waals surface area contributed by atoms with Crippen LogP contribution >= 0.6 is 0 Å². The molecule has 0 amide bonds. The lowest BCUT2D eigenvalue weighted by molar-refractivity contribution is 0.415. The van der Waals surface area contributed by atoms with Crippen molar-refractivity contribution in [2.75, 3.05) is 26.1 Å². The van der Waals surface area contributed by atoms with Gasteiger partial charge in [-0.15, -0.1) is 0 Å². The van der Waals surface area contributed by atoms with Crippen LogP contribution < -0.4 is 15.0 Å². The molecule has 0 spiro atoms. The average Bonchev–Trinajstić information content (AvgIpc) is 2.53. The summed E-state index contributed by atoms with van der Waals surface area (Å²) in [7, 11) is 5.63. The van der Waals surface area contributed by atoms with E-state index in [-0.39, 0.29) is 6.04 Å². The molecule has 0 aliphatic rings. The van der Waals surface area contributed by atoms with Crippen molar-refractivity contribution < 1.29 is 4.74 Å². The van der Waals surface area contributed by atoms with Gasteiger partial charge in [-0.05, 0) is 50.4 Å². The predicted octanol–water partition coefficient (Wildman–Crippen LogP) is 3.14. The third-order valence-electron chi connectivity index (χ3n) is 3.49. The first-order valence-corrected chi connectivity index (χ1v) is 6.66. The Morgan fingerprint density at radius 3 is 2.25 bits per heavy atom. The maximum absolute atomic E-state index is 5.17. The molecule has 0 fully saturated rings. The number of hydrogen-bond donors (Lipinski definition) is 1. The number of nitrogens with one attached hydrogen (secondary N) is 1. The number of anilines is 2. The molecule has 106 valence electrons. The maximum Gasteiger partial charge on any atom is 0.119 e. The predicted molar refractivity (Wildman–Crippen MR) is 82.8 cm³/mol. The first-order chi connectivity index (χ1) is 9.65. The second kappa shape index (κ2) is 6.39. The van der Waals surface area contributed by atoms with E-state index in [2.05, 4.69) is 34.3 Å². The summed E-state index contributed by atoms with van der Waals surface area (Å²) in [6, 6.07) is 12.4. The highest BCUT2D eigenvalue weighted by atomic mass is 16.5. The van der Waals surface area contributed by atoms with Gasteiger partial charge in [-0.25, -0.2) is 0 Å². The number of pyridine rings is 1. The summed E-state index contributed by atoms with van der Waals surface area (Å²) in [6.07, 6.45) is 1.90. The number of nitrogens with zero attached hydrogens (tertiary/aromatic N) is 2. The molecule has 0 bridgehead atoms. The Kier molecular flexibility index (Phi) is 4.58. The molecule has 1 N–H and O–H groups in total. The van der Waals surface area contributed by atoms with Gasteiger partial charge in [0.1, 0.15) is 5.75 Å². The third kappa shape index (κ3) is 3.08. The standard InChI is InChI=1S/C16H21N3O/c1-12(17-2)16-10-7-14(11-18-16)19(3)13-5-8-15(20-4)9-6-13/h5-12,17H,1-4H3. The first kappa shape index (κ1) is 14.3. The van der Waals surface area contributed by atoms with Gasteiger partial charge in [0.25, 0.3) is 0 Å².